The van der Waals surface area contributed by atoms with E-state index in [1.165, 1.54) is 23.4 Å². The number of halogens is 4. The van der Waals surface area contributed by atoms with Crippen LogP contribution in [0.25, 0.3) is 0 Å². The largest absolute Gasteiger partial charge is 0.416 e. The number of pyridine rings is 1. The summed E-state index contributed by atoms with van der Waals surface area (Å²) in [7, 11) is -4.09. The van der Waals surface area contributed by atoms with Crippen LogP contribution in [0.5, 0.6) is 0 Å². The number of hydrogen-bond acceptors (Lipinski definition) is 4. The number of hydrogen-bond donors (Lipinski definition) is 1. The van der Waals surface area contributed by atoms with Crippen LogP contribution in [0.2, 0.25) is 0 Å². The van der Waals surface area contributed by atoms with Crippen LogP contribution in [0.3, 0.4) is 0 Å². The molecule has 0 saturated carbocycles. The van der Waals surface area contributed by atoms with Crippen molar-refractivity contribution in [2.24, 2.45) is 0 Å². The number of sulfonamides is 1. The van der Waals surface area contributed by atoms with Crippen molar-refractivity contribution < 1.29 is 21.6 Å². The Labute approximate surface area is 162 Å². The molecule has 1 unspecified atom stereocenters. The molecule has 27 heavy (non-hydrogen) atoms. The van der Waals surface area contributed by atoms with E-state index in [0.717, 1.165) is 0 Å². The molecular weight excluding hydrogens is 403 g/mol. The van der Waals surface area contributed by atoms with E-state index >= 15 is 0 Å². The Balaban J connectivity index is 0.00000261. The number of nitrogens with zero attached hydrogens (tertiary/aromatic N) is 2. The summed E-state index contributed by atoms with van der Waals surface area (Å²) in [5.41, 5.74) is -0.265. The molecule has 1 atom stereocenters. The number of piperazine rings is 1. The van der Waals surface area contributed by atoms with Crippen molar-refractivity contribution in [1.82, 2.24) is 14.6 Å². The maximum absolute atomic E-state index is 13.2. The molecule has 1 aromatic heterocycles. The zero-order valence-electron chi connectivity index (χ0n) is 14.4. The summed E-state index contributed by atoms with van der Waals surface area (Å²) in [6.45, 7) is 2.26. The second kappa shape index (κ2) is 8.14. The lowest BCUT2D eigenvalue weighted by molar-refractivity contribution is -0.138. The first-order valence-corrected chi connectivity index (χ1v) is 9.45. The Morgan fingerprint density at radius 1 is 1.26 bits per heavy atom. The standard InChI is InChI=1S/C17H18F3N3O2S.ClH/c1-12-4-5-14(9-15(12)17(18,19)20)26(24,25)23-8-7-22-11-16(23)13-3-2-6-21-10-13;/h2-6,9-10,16,22H,7-8,11H2,1H3;1H. The Morgan fingerprint density at radius 3 is 2.63 bits per heavy atom. The van der Waals surface area contributed by atoms with Crippen LogP contribution in [0.4, 0.5) is 13.2 Å². The van der Waals surface area contributed by atoms with Crippen molar-refractivity contribution in [3.63, 3.8) is 0 Å². The van der Waals surface area contributed by atoms with Crippen molar-refractivity contribution in [3.05, 3.63) is 59.4 Å². The summed E-state index contributed by atoms with van der Waals surface area (Å²) < 4.78 is 66.9. The Kier molecular flexibility index (Phi) is 6.51. The maximum atomic E-state index is 13.2. The first kappa shape index (κ1) is 21.6. The average molecular weight is 422 g/mol. The normalized spacial score (nSPS) is 18.7. The summed E-state index contributed by atoms with van der Waals surface area (Å²) in [4.78, 5) is 3.65. The first-order chi connectivity index (χ1) is 12.2. The van der Waals surface area contributed by atoms with Crippen molar-refractivity contribution in [2.45, 2.75) is 24.0 Å². The van der Waals surface area contributed by atoms with Crippen molar-refractivity contribution in [1.29, 1.82) is 0 Å². The molecule has 0 radical (unpaired) electrons. The third-order valence-corrected chi connectivity index (χ3v) is 6.29. The molecule has 0 amide bonds. The van der Waals surface area contributed by atoms with Crippen LogP contribution in [0.1, 0.15) is 22.7 Å². The lowest BCUT2D eigenvalue weighted by Gasteiger charge is -2.35. The zero-order chi connectivity index (χ0) is 18.9. The lowest BCUT2D eigenvalue weighted by Crippen LogP contribution is -2.48. The molecule has 3 rings (SSSR count). The number of aromatic nitrogens is 1. The van der Waals surface area contributed by atoms with Gasteiger partial charge in [-0.1, -0.05) is 12.1 Å². The smallest absolute Gasteiger partial charge is 0.313 e. The van der Waals surface area contributed by atoms with Gasteiger partial charge in [-0.25, -0.2) is 8.42 Å². The van der Waals surface area contributed by atoms with E-state index in [0.29, 0.717) is 24.7 Å². The average Bonchev–Trinajstić information content (AvgIpc) is 2.61. The third-order valence-electron chi connectivity index (χ3n) is 4.38. The number of benzene rings is 1. The van der Waals surface area contributed by atoms with E-state index in [9.17, 15) is 21.6 Å². The predicted molar refractivity (Wildman–Crippen MR) is 97.2 cm³/mol. The van der Waals surface area contributed by atoms with Crippen LogP contribution >= 0.6 is 12.4 Å². The van der Waals surface area contributed by atoms with Gasteiger partial charge in [0.1, 0.15) is 0 Å². The van der Waals surface area contributed by atoms with Gasteiger partial charge < -0.3 is 5.32 Å². The molecule has 0 aliphatic carbocycles. The van der Waals surface area contributed by atoms with Gasteiger partial charge in [0.15, 0.2) is 0 Å². The van der Waals surface area contributed by atoms with Crippen molar-refractivity contribution in [3.8, 4) is 0 Å². The summed E-state index contributed by atoms with van der Waals surface area (Å²) in [6.07, 6.45) is -1.47. The molecule has 1 aromatic carbocycles. The Morgan fingerprint density at radius 2 is 2.00 bits per heavy atom. The molecular formula is C17H19ClF3N3O2S. The highest BCUT2D eigenvalue weighted by Crippen LogP contribution is 2.35. The monoisotopic (exact) mass is 421 g/mol. The van der Waals surface area contributed by atoms with Gasteiger partial charge in [0.25, 0.3) is 0 Å². The molecule has 1 aliphatic rings. The number of rotatable bonds is 3. The second-order valence-corrected chi connectivity index (χ2v) is 7.99. The van der Waals surface area contributed by atoms with Gasteiger partial charge in [-0.05, 0) is 36.2 Å². The van der Waals surface area contributed by atoms with E-state index in [1.54, 1.807) is 24.5 Å². The number of alkyl halides is 3. The van der Waals surface area contributed by atoms with Gasteiger partial charge in [-0.3, -0.25) is 4.98 Å². The number of nitrogens with one attached hydrogen (secondary N) is 1. The molecule has 10 heteroatoms. The molecule has 1 fully saturated rings. The second-order valence-electron chi connectivity index (χ2n) is 6.10. The van der Waals surface area contributed by atoms with E-state index in [1.807, 2.05) is 0 Å². The quantitative estimate of drug-likeness (QED) is 0.827. The Hall–Kier alpha value is -1.68. The van der Waals surface area contributed by atoms with Crippen LogP contribution in [-0.2, 0) is 16.2 Å². The first-order valence-electron chi connectivity index (χ1n) is 8.01. The van der Waals surface area contributed by atoms with Crippen LogP contribution in [0, 0.1) is 6.92 Å². The molecule has 2 heterocycles. The lowest BCUT2D eigenvalue weighted by atomic mass is 10.1. The summed E-state index contributed by atoms with van der Waals surface area (Å²) in [6, 6.07) is 6.05. The van der Waals surface area contributed by atoms with Crippen LogP contribution in [-0.4, -0.2) is 37.3 Å². The van der Waals surface area contributed by atoms with Gasteiger partial charge in [0, 0.05) is 32.0 Å². The molecule has 1 aliphatic heterocycles. The highest BCUT2D eigenvalue weighted by Gasteiger charge is 2.37. The van der Waals surface area contributed by atoms with Crippen molar-refractivity contribution >= 4 is 22.4 Å². The predicted octanol–water partition coefficient (Wildman–Crippen LogP) is 3.17. The van der Waals surface area contributed by atoms with E-state index < -0.39 is 27.8 Å². The van der Waals surface area contributed by atoms with E-state index in [2.05, 4.69) is 10.3 Å². The maximum Gasteiger partial charge on any atom is 0.416 e. The number of aryl methyl sites for hydroxylation is 1. The minimum atomic E-state index is -4.61. The topological polar surface area (TPSA) is 62.3 Å². The fourth-order valence-corrected chi connectivity index (χ4v) is 4.67. The summed E-state index contributed by atoms with van der Waals surface area (Å²) >= 11 is 0. The molecule has 0 bridgehead atoms. The zero-order valence-corrected chi connectivity index (χ0v) is 16.0. The molecule has 0 spiro atoms. The molecule has 1 saturated heterocycles. The van der Waals surface area contributed by atoms with Gasteiger partial charge in [0.2, 0.25) is 10.0 Å². The van der Waals surface area contributed by atoms with Gasteiger partial charge in [0.05, 0.1) is 16.5 Å². The summed E-state index contributed by atoms with van der Waals surface area (Å²) in [5, 5.41) is 3.12. The fourth-order valence-electron chi connectivity index (χ4n) is 3.03. The molecule has 1 N–H and O–H groups in total. The molecule has 2 aromatic rings. The van der Waals surface area contributed by atoms with Crippen LogP contribution < -0.4 is 5.32 Å². The minimum absolute atomic E-state index is 0. The highest BCUT2D eigenvalue weighted by atomic mass is 35.5. The third kappa shape index (κ3) is 4.43. The fraction of sp³-hybridized carbons (Fsp3) is 0.353. The van der Waals surface area contributed by atoms with Gasteiger partial charge >= 0.3 is 6.18 Å². The molecule has 148 valence electrons. The SMILES string of the molecule is Cc1ccc(S(=O)(=O)N2CCNCC2c2cccnc2)cc1C(F)(F)F.Cl. The minimum Gasteiger partial charge on any atom is -0.313 e. The molecule has 5 nitrogen and oxygen atoms in total. The van der Waals surface area contributed by atoms with Crippen LogP contribution in [0.15, 0.2) is 47.6 Å². The Bertz CT molecular complexity index is 892. The summed E-state index contributed by atoms with van der Waals surface area (Å²) in [5.74, 6) is 0. The van der Waals surface area contributed by atoms with Gasteiger partial charge in [-0.2, -0.15) is 17.5 Å². The van der Waals surface area contributed by atoms with E-state index in [4.69, 9.17) is 0 Å². The van der Waals surface area contributed by atoms with Crippen molar-refractivity contribution in [2.75, 3.05) is 19.6 Å². The highest BCUT2D eigenvalue weighted by molar-refractivity contribution is 7.89. The van der Waals surface area contributed by atoms with E-state index in [-0.39, 0.29) is 29.4 Å². The van der Waals surface area contributed by atoms with Gasteiger partial charge in [-0.15, -0.1) is 12.4 Å².